The van der Waals surface area contributed by atoms with E-state index in [0.29, 0.717) is 11.6 Å². The molecule has 1 saturated carbocycles. The van der Waals surface area contributed by atoms with Crippen LogP contribution in [-0.2, 0) is 4.79 Å². The smallest absolute Gasteiger partial charge is 0.240 e. The number of isocyanates is 1. The van der Waals surface area contributed by atoms with E-state index in [-0.39, 0.29) is 0 Å². The third-order valence-electron chi connectivity index (χ3n) is 2.16. The lowest BCUT2D eigenvalue weighted by Gasteiger charge is -2.01. The topological polar surface area (TPSA) is 42.3 Å². The molecule has 13 heavy (non-hydrogen) atoms. The Morgan fingerprint density at radius 3 is 3.00 bits per heavy atom. The highest BCUT2D eigenvalue weighted by atomic mass is 16.1. The van der Waals surface area contributed by atoms with Crippen LogP contribution < -0.4 is 0 Å². The van der Waals surface area contributed by atoms with Gasteiger partial charge in [-0.3, -0.25) is 4.98 Å². The summed E-state index contributed by atoms with van der Waals surface area (Å²) in [6, 6.07) is 1.88. The number of rotatable bonds is 2. The third kappa shape index (κ3) is 1.65. The minimum atomic E-state index is 0.521. The van der Waals surface area contributed by atoms with Crippen LogP contribution in [0.2, 0.25) is 0 Å². The minimum Gasteiger partial charge on any atom is -0.258 e. The highest BCUT2D eigenvalue weighted by Gasteiger charge is 2.27. The fourth-order valence-corrected chi connectivity index (χ4v) is 1.37. The molecule has 0 unspecified atom stereocenters. The average Bonchev–Trinajstić information content (AvgIpc) is 2.88. The Kier molecular flexibility index (Phi) is 1.95. The monoisotopic (exact) mass is 174 g/mol. The number of hydrogen-bond acceptors (Lipinski definition) is 3. The largest absolute Gasteiger partial charge is 0.258 e. The number of hydrogen-bond donors (Lipinski definition) is 0. The fourth-order valence-electron chi connectivity index (χ4n) is 1.37. The molecule has 0 N–H and O–H groups in total. The van der Waals surface area contributed by atoms with E-state index in [2.05, 4.69) is 9.98 Å². The molecular weight excluding hydrogens is 164 g/mol. The van der Waals surface area contributed by atoms with E-state index in [1.165, 1.54) is 0 Å². The number of aliphatic imine (C=N–C) groups is 1. The molecule has 1 aromatic rings. The lowest BCUT2D eigenvalue weighted by Crippen LogP contribution is -1.87. The molecule has 0 atom stereocenters. The fraction of sp³-hybridized carbons (Fsp3) is 0.400. The van der Waals surface area contributed by atoms with Gasteiger partial charge in [-0.05, 0) is 31.4 Å². The lowest BCUT2D eigenvalue weighted by molar-refractivity contribution is 0.565. The molecule has 0 amide bonds. The van der Waals surface area contributed by atoms with E-state index in [4.69, 9.17) is 0 Å². The van der Waals surface area contributed by atoms with Crippen molar-refractivity contribution < 1.29 is 4.79 Å². The van der Waals surface area contributed by atoms with Crippen molar-refractivity contribution in [3.63, 3.8) is 0 Å². The van der Waals surface area contributed by atoms with Gasteiger partial charge in [0.1, 0.15) is 0 Å². The Labute approximate surface area is 76.5 Å². The summed E-state index contributed by atoms with van der Waals surface area (Å²) in [5.41, 5.74) is 2.67. The van der Waals surface area contributed by atoms with Crippen LogP contribution >= 0.6 is 0 Å². The molecule has 0 radical (unpaired) electrons. The molecule has 66 valence electrons. The van der Waals surface area contributed by atoms with Crippen molar-refractivity contribution in [1.29, 1.82) is 0 Å². The van der Waals surface area contributed by atoms with E-state index in [1.807, 2.05) is 19.2 Å². The second-order valence-electron chi connectivity index (χ2n) is 3.39. The molecule has 3 nitrogen and oxygen atoms in total. The van der Waals surface area contributed by atoms with Crippen molar-refractivity contribution in [3.8, 4) is 0 Å². The molecule has 1 aliphatic rings. The molecule has 2 rings (SSSR count). The molecule has 1 fully saturated rings. The van der Waals surface area contributed by atoms with Gasteiger partial charge in [-0.25, -0.2) is 4.79 Å². The average molecular weight is 174 g/mol. The van der Waals surface area contributed by atoms with Gasteiger partial charge in [-0.15, -0.1) is 0 Å². The van der Waals surface area contributed by atoms with Crippen LogP contribution in [-0.4, -0.2) is 11.1 Å². The Morgan fingerprint density at radius 2 is 2.38 bits per heavy atom. The Morgan fingerprint density at radius 1 is 1.62 bits per heavy atom. The third-order valence-corrected chi connectivity index (χ3v) is 2.16. The van der Waals surface area contributed by atoms with Crippen LogP contribution in [0.1, 0.15) is 30.0 Å². The molecule has 3 heteroatoms. The van der Waals surface area contributed by atoms with Crippen LogP contribution in [0, 0.1) is 6.92 Å². The summed E-state index contributed by atoms with van der Waals surface area (Å²) in [4.78, 5) is 18.1. The van der Waals surface area contributed by atoms with Gasteiger partial charge in [-0.2, -0.15) is 4.99 Å². The highest BCUT2D eigenvalue weighted by molar-refractivity contribution is 5.54. The van der Waals surface area contributed by atoms with Crippen molar-refractivity contribution >= 4 is 11.8 Å². The quantitative estimate of drug-likeness (QED) is 0.509. The summed E-state index contributed by atoms with van der Waals surface area (Å²) >= 11 is 0. The van der Waals surface area contributed by atoms with Crippen molar-refractivity contribution in [2.24, 2.45) is 4.99 Å². The first-order chi connectivity index (χ1) is 6.31. The maximum absolute atomic E-state index is 10.2. The van der Waals surface area contributed by atoms with Crippen LogP contribution in [0.3, 0.4) is 0 Å². The second-order valence-corrected chi connectivity index (χ2v) is 3.39. The Hall–Kier alpha value is -1.47. The van der Waals surface area contributed by atoms with Gasteiger partial charge in [0.15, 0.2) is 0 Å². The van der Waals surface area contributed by atoms with Crippen LogP contribution in [0.4, 0.5) is 5.69 Å². The van der Waals surface area contributed by atoms with Gasteiger partial charge in [0.25, 0.3) is 0 Å². The normalized spacial score (nSPS) is 15.2. The van der Waals surface area contributed by atoms with Crippen molar-refractivity contribution in [3.05, 3.63) is 23.5 Å². The van der Waals surface area contributed by atoms with E-state index >= 15 is 0 Å². The lowest BCUT2D eigenvalue weighted by atomic mass is 10.2. The Balaban J connectivity index is 2.47. The van der Waals surface area contributed by atoms with E-state index < -0.39 is 0 Å². The molecule has 1 heterocycles. The Bertz CT molecular complexity index is 377. The molecule has 1 aromatic heterocycles. The van der Waals surface area contributed by atoms with Gasteiger partial charge in [0.05, 0.1) is 11.4 Å². The molecule has 0 aromatic carbocycles. The second kappa shape index (κ2) is 3.11. The summed E-state index contributed by atoms with van der Waals surface area (Å²) < 4.78 is 0. The molecular formula is C10H10N2O. The molecule has 1 aliphatic carbocycles. The zero-order chi connectivity index (χ0) is 9.26. The predicted octanol–water partition coefficient (Wildman–Crippen LogP) is 2.23. The summed E-state index contributed by atoms with van der Waals surface area (Å²) in [5, 5.41) is 0. The highest BCUT2D eigenvalue weighted by Crippen LogP contribution is 2.42. The number of pyridine rings is 1. The number of carbonyl (C=O) groups excluding carboxylic acids is 1. The molecule has 0 saturated heterocycles. The van der Waals surface area contributed by atoms with Crippen molar-refractivity contribution in [1.82, 2.24) is 4.98 Å². The maximum Gasteiger partial charge on any atom is 0.240 e. The zero-order valence-electron chi connectivity index (χ0n) is 7.45. The molecule has 0 aliphatic heterocycles. The standard InChI is InChI=1S/C10H10N2O/c1-7-4-9(12-6-13)10(11-5-7)8-2-3-8/h4-5,8H,2-3H2,1H3. The van der Waals surface area contributed by atoms with Crippen LogP contribution in [0.25, 0.3) is 0 Å². The summed E-state index contributed by atoms with van der Waals surface area (Å²) in [6.07, 6.45) is 5.71. The summed E-state index contributed by atoms with van der Waals surface area (Å²) in [6.45, 7) is 1.94. The number of nitrogens with zero attached hydrogens (tertiary/aromatic N) is 2. The van der Waals surface area contributed by atoms with Crippen molar-refractivity contribution in [2.45, 2.75) is 25.7 Å². The summed E-state index contributed by atoms with van der Waals surface area (Å²) in [5.74, 6) is 0.521. The van der Waals surface area contributed by atoms with E-state index in [9.17, 15) is 4.79 Å². The van der Waals surface area contributed by atoms with Gasteiger partial charge in [0.2, 0.25) is 6.08 Å². The summed E-state index contributed by atoms with van der Waals surface area (Å²) in [7, 11) is 0. The number of aromatic nitrogens is 1. The first-order valence-electron chi connectivity index (χ1n) is 4.35. The van der Waals surface area contributed by atoms with E-state index in [1.54, 1.807) is 6.08 Å². The molecule has 0 bridgehead atoms. The zero-order valence-corrected chi connectivity index (χ0v) is 7.45. The van der Waals surface area contributed by atoms with Gasteiger partial charge < -0.3 is 0 Å². The van der Waals surface area contributed by atoms with Gasteiger partial charge in [0, 0.05) is 12.1 Å². The van der Waals surface area contributed by atoms with Crippen LogP contribution in [0.15, 0.2) is 17.3 Å². The minimum absolute atomic E-state index is 0.521. The first-order valence-corrected chi connectivity index (χ1v) is 4.35. The van der Waals surface area contributed by atoms with Crippen molar-refractivity contribution in [2.75, 3.05) is 0 Å². The van der Waals surface area contributed by atoms with E-state index in [0.717, 1.165) is 24.1 Å². The SMILES string of the molecule is Cc1cnc(C2CC2)c(N=C=O)c1. The predicted molar refractivity (Wildman–Crippen MR) is 48.7 cm³/mol. The van der Waals surface area contributed by atoms with Crippen LogP contribution in [0.5, 0.6) is 0 Å². The number of aryl methyl sites for hydroxylation is 1. The van der Waals surface area contributed by atoms with Gasteiger partial charge in [-0.1, -0.05) is 0 Å². The first kappa shape index (κ1) is 8.14. The molecule has 0 spiro atoms. The van der Waals surface area contributed by atoms with Gasteiger partial charge >= 0.3 is 0 Å². The maximum atomic E-state index is 10.2.